The molecule has 1 amide bonds. The van der Waals surface area contributed by atoms with Crippen molar-refractivity contribution in [2.45, 2.75) is 63.4 Å². The molecule has 4 N–H and O–H groups in total. The van der Waals surface area contributed by atoms with Gasteiger partial charge in [-0.05, 0) is 26.2 Å². The van der Waals surface area contributed by atoms with Crippen molar-refractivity contribution in [2.24, 2.45) is 0 Å². The minimum absolute atomic E-state index is 0.0821. The Kier molecular flexibility index (Phi) is 9.90. The highest BCUT2D eigenvalue weighted by Crippen LogP contribution is 2.42. The maximum atomic E-state index is 11.5. The lowest BCUT2D eigenvalue weighted by Gasteiger charge is -2.41. The number of carbonyl (C=O) groups is 1. The van der Waals surface area contributed by atoms with Gasteiger partial charge in [0, 0.05) is 60.4 Å². The Labute approximate surface area is 283 Å². The molecule has 2 aliphatic rings. The molecular weight excluding hydrogens is 641 g/mol. The van der Waals surface area contributed by atoms with Crippen molar-refractivity contribution < 1.29 is 19.4 Å². The van der Waals surface area contributed by atoms with E-state index in [2.05, 4.69) is 25.9 Å². The second-order valence-corrected chi connectivity index (χ2v) is 12.9. The van der Waals surface area contributed by atoms with Crippen LogP contribution < -0.4 is 25.4 Å². The summed E-state index contributed by atoms with van der Waals surface area (Å²) in [5.74, 6) is 0.871. The van der Waals surface area contributed by atoms with Gasteiger partial charge in [0.2, 0.25) is 17.7 Å². The lowest BCUT2D eigenvalue weighted by atomic mass is 9.77. The summed E-state index contributed by atoms with van der Waals surface area (Å²) in [5, 5.41) is 20.6. The third-order valence-electron chi connectivity index (χ3n) is 8.55. The van der Waals surface area contributed by atoms with Crippen LogP contribution >= 0.6 is 23.2 Å². The summed E-state index contributed by atoms with van der Waals surface area (Å²) in [6.07, 6.45) is 6.11. The van der Waals surface area contributed by atoms with Gasteiger partial charge >= 0.3 is 0 Å². The van der Waals surface area contributed by atoms with Gasteiger partial charge in [-0.1, -0.05) is 59.6 Å². The highest BCUT2D eigenvalue weighted by Gasteiger charge is 2.38. The lowest BCUT2D eigenvalue weighted by molar-refractivity contribution is -0.119. The van der Waals surface area contributed by atoms with Crippen molar-refractivity contribution >= 4 is 29.1 Å². The van der Waals surface area contributed by atoms with Gasteiger partial charge in [0.05, 0.1) is 53.6 Å². The van der Waals surface area contributed by atoms with Crippen LogP contribution in [0.5, 0.6) is 11.8 Å². The van der Waals surface area contributed by atoms with E-state index in [9.17, 15) is 9.90 Å². The minimum atomic E-state index is -0.610. The lowest BCUT2D eigenvalue weighted by Crippen LogP contribution is -2.51. The van der Waals surface area contributed by atoms with Gasteiger partial charge in [0.1, 0.15) is 11.4 Å². The third-order valence-corrected chi connectivity index (χ3v) is 9.36. The van der Waals surface area contributed by atoms with Crippen LogP contribution in [0.3, 0.4) is 0 Å². The standard InChI is InChI=1S/C34H37Cl2N7O4/c1-34(45)12-20(13-34)38-18-28-33(47-3)43-26(17-40-28)24-9-5-7-22(31(24)36)21-6-4-8-23(30(21)35)25-16-39-27(32(42-25)46-2)15-37-14-19-10-11-29(44)41-19/h4-9,16-17,19-20,37-38,45H,10-15,18H2,1-3H3,(H,41,44)/t19?,20-,34+. The summed E-state index contributed by atoms with van der Waals surface area (Å²) in [4.78, 5) is 30.2. The zero-order valence-electron chi connectivity index (χ0n) is 26.4. The molecule has 2 aromatic heterocycles. The van der Waals surface area contributed by atoms with Crippen molar-refractivity contribution in [3.8, 4) is 45.4 Å². The van der Waals surface area contributed by atoms with Crippen LogP contribution in [0.1, 0.15) is 44.0 Å². The van der Waals surface area contributed by atoms with Gasteiger partial charge in [0.25, 0.3) is 0 Å². The summed E-state index contributed by atoms with van der Waals surface area (Å²) in [5.41, 5.74) is 4.63. The normalized spacial score (nSPS) is 20.5. The van der Waals surface area contributed by atoms with Gasteiger partial charge < -0.3 is 30.5 Å². The Balaban J connectivity index is 1.22. The quantitative estimate of drug-likeness (QED) is 0.162. The van der Waals surface area contributed by atoms with Gasteiger partial charge in [-0.25, -0.2) is 9.97 Å². The van der Waals surface area contributed by atoms with E-state index in [-0.39, 0.29) is 18.0 Å². The number of hydrogen-bond donors (Lipinski definition) is 4. The number of aliphatic hydroxyl groups is 1. The first-order chi connectivity index (χ1) is 22.7. The Bertz CT molecular complexity index is 1780. The Morgan fingerprint density at radius 1 is 0.894 bits per heavy atom. The van der Waals surface area contributed by atoms with Crippen LogP contribution in [-0.4, -0.2) is 69.4 Å². The molecule has 1 atom stereocenters. The molecule has 6 rings (SSSR count). The zero-order chi connectivity index (χ0) is 33.1. The molecule has 1 aliphatic carbocycles. The van der Waals surface area contributed by atoms with Crippen LogP contribution in [0, 0.1) is 0 Å². The summed E-state index contributed by atoms with van der Waals surface area (Å²) in [7, 11) is 3.12. The molecule has 1 saturated heterocycles. The number of amides is 1. The molecule has 1 saturated carbocycles. The number of aromatic nitrogens is 4. The van der Waals surface area contributed by atoms with Crippen LogP contribution in [0.4, 0.5) is 0 Å². The summed E-state index contributed by atoms with van der Waals surface area (Å²) in [6, 6.07) is 11.7. The fraction of sp³-hybridized carbons (Fsp3) is 0.382. The Hall–Kier alpha value is -3.87. The molecule has 1 unspecified atom stereocenters. The topological polar surface area (TPSA) is 143 Å². The van der Waals surface area contributed by atoms with Gasteiger partial charge in [-0.15, -0.1) is 0 Å². The molecule has 2 fully saturated rings. The minimum Gasteiger partial charge on any atom is -0.480 e. The largest absolute Gasteiger partial charge is 0.480 e. The number of nitrogens with zero attached hydrogens (tertiary/aromatic N) is 4. The first-order valence-corrected chi connectivity index (χ1v) is 16.2. The SMILES string of the molecule is COc1nc(-c2cccc(-c3cccc(-c4cnc(CN[C@H]5C[C@@](C)(O)C5)c(OC)n4)c3Cl)c2Cl)cnc1CNCC1CCC(=O)N1. The van der Waals surface area contributed by atoms with E-state index in [4.69, 9.17) is 42.6 Å². The second-order valence-electron chi connectivity index (χ2n) is 12.2. The number of ether oxygens (including phenoxy) is 2. The fourth-order valence-electron chi connectivity index (χ4n) is 6.08. The van der Waals surface area contributed by atoms with Crippen molar-refractivity contribution in [1.29, 1.82) is 0 Å². The first kappa shape index (κ1) is 33.0. The van der Waals surface area contributed by atoms with Crippen molar-refractivity contribution in [3.63, 3.8) is 0 Å². The molecule has 11 nitrogen and oxygen atoms in total. The van der Waals surface area contributed by atoms with E-state index >= 15 is 0 Å². The third kappa shape index (κ3) is 7.34. The van der Waals surface area contributed by atoms with Gasteiger partial charge in [-0.3, -0.25) is 14.8 Å². The predicted molar refractivity (Wildman–Crippen MR) is 180 cm³/mol. The molecule has 0 bridgehead atoms. The maximum Gasteiger partial charge on any atom is 0.237 e. The summed E-state index contributed by atoms with van der Waals surface area (Å²) >= 11 is 14.1. The fourth-order valence-corrected chi connectivity index (χ4v) is 6.73. The van der Waals surface area contributed by atoms with Crippen molar-refractivity contribution in [3.05, 3.63) is 70.2 Å². The van der Waals surface area contributed by atoms with Crippen LogP contribution in [0.2, 0.25) is 10.0 Å². The van der Waals surface area contributed by atoms with Crippen LogP contribution in [-0.2, 0) is 17.9 Å². The number of hydrogen-bond acceptors (Lipinski definition) is 10. The molecule has 3 heterocycles. The van der Waals surface area contributed by atoms with Gasteiger partial charge in [-0.2, -0.15) is 0 Å². The smallest absolute Gasteiger partial charge is 0.237 e. The van der Waals surface area contributed by atoms with E-state index in [1.165, 1.54) is 0 Å². The first-order valence-electron chi connectivity index (χ1n) is 15.5. The average Bonchev–Trinajstić information content (AvgIpc) is 3.47. The molecule has 2 aromatic carbocycles. The van der Waals surface area contributed by atoms with E-state index in [0.717, 1.165) is 17.5 Å². The van der Waals surface area contributed by atoms with Crippen LogP contribution in [0.25, 0.3) is 33.6 Å². The van der Waals surface area contributed by atoms with E-state index in [1.807, 2.05) is 43.3 Å². The highest BCUT2D eigenvalue weighted by atomic mass is 35.5. The number of rotatable bonds is 12. The summed E-state index contributed by atoms with van der Waals surface area (Å²) in [6.45, 7) is 3.38. The zero-order valence-corrected chi connectivity index (χ0v) is 28.0. The average molecular weight is 679 g/mol. The predicted octanol–water partition coefficient (Wildman–Crippen LogP) is 4.96. The van der Waals surface area contributed by atoms with Crippen molar-refractivity contribution in [2.75, 3.05) is 20.8 Å². The molecule has 4 aromatic rings. The highest BCUT2D eigenvalue weighted by molar-refractivity contribution is 6.39. The molecule has 0 spiro atoms. The maximum absolute atomic E-state index is 11.5. The van der Waals surface area contributed by atoms with E-state index < -0.39 is 5.60 Å². The molecule has 1 aliphatic heterocycles. The Morgan fingerprint density at radius 3 is 1.91 bits per heavy atom. The number of nitrogens with one attached hydrogen (secondary N) is 3. The van der Waals surface area contributed by atoms with E-state index in [1.54, 1.807) is 26.6 Å². The Morgan fingerprint density at radius 2 is 1.43 bits per heavy atom. The molecular formula is C34H37Cl2N7O4. The summed E-state index contributed by atoms with van der Waals surface area (Å²) < 4.78 is 11.1. The van der Waals surface area contributed by atoms with Crippen LogP contribution in [0.15, 0.2) is 48.8 Å². The monoisotopic (exact) mass is 677 g/mol. The number of carbonyl (C=O) groups excluding carboxylic acids is 1. The second kappa shape index (κ2) is 14.1. The molecule has 13 heteroatoms. The molecule has 246 valence electrons. The van der Waals surface area contributed by atoms with E-state index in [0.29, 0.717) is 94.6 Å². The number of benzene rings is 2. The number of halogens is 2. The molecule has 47 heavy (non-hydrogen) atoms. The van der Waals surface area contributed by atoms with Crippen molar-refractivity contribution in [1.82, 2.24) is 35.9 Å². The van der Waals surface area contributed by atoms with Gasteiger partial charge in [0.15, 0.2) is 0 Å². The number of methoxy groups -OCH3 is 2. The molecule has 0 radical (unpaired) electrons.